The molecule has 0 aromatic rings. The van der Waals surface area contributed by atoms with Gasteiger partial charge in [-0.15, -0.1) is 0 Å². The van der Waals surface area contributed by atoms with Gasteiger partial charge in [0, 0.05) is 0 Å². The van der Waals surface area contributed by atoms with Crippen LogP contribution in [0.5, 0.6) is 0 Å². The topological polar surface area (TPSA) is 0 Å². The molecule has 0 aliphatic rings. The molecule has 0 bridgehead atoms. The minimum atomic E-state index is 0.657. The summed E-state index contributed by atoms with van der Waals surface area (Å²) < 4.78 is 0.657. The van der Waals surface area contributed by atoms with Crippen LogP contribution in [0.2, 0.25) is 4.64 Å². The Labute approximate surface area is 38.5 Å². The molecule has 0 amide bonds. The predicted octanol–water partition coefficient (Wildman–Crippen LogP) is 0.585. The van der Waals surface area contributed by atoms with Gasteiger partial charge in [0.2, 0.25) is 0 Å². The van der Waals surface area contributed by atoms with Crippen LogP contribution in [0.4, 0.5) is 0 Å². The molecular weight excluding hydrogens is 144 g/mol. The predicted molar refractivity (Wildman–Crippen MR) is 13.6 cm³/mol. The van der Waals surface area contributed by atoms with Gasteiger partial charge in [0.25, 0.3) is 0 Å². The first-order valence-electron chi connectivity index (χ1n) is 0.855. The summed E-state index contributed by atoms with van der Waals surface area (Å²) in [6, 6.07) is 0. The molecule has 0 heterocycles. The summed E-state index contributed by atoms with van der Waals surface area (Å²) >= 11 is 3.03. The Bertz CT molecular complexity index is 33.0. The van der Waals surface area contributed by atoms with Gasteiger partial charge in [0.05, 0.1) is 0 Å². The molecule has 0 fully saturated rings. The average molecular weight is 147 g/mol. The SMILES string of the molecule is C#C[CH2][Ag]. The molecule has 0 nitrogen and oxygen atoms in total. The number of rotatable bonds is 0. The summed E-state index contributed by atoms with van der Waals surface area (Å²) in [6.07, 6.45) is 4.73. The van der Waals surface area contributed by atoms with E-state index in [1.165, 1.54) is 0 Å². The Morgan fingerprint density at radius 2 is 2.25 bits per heavy atom. The van der Waals surface area contributed by atoms with Crippen LogP contribution in [0, 0.1) is 12.3 Å². The van der Waals surface area contributed by atoms with Crippen molar-refractivity contribution < 1.29 is 21.1 Å². The van der Waals surface area contributed by atoms with Gasteiger partial charge in [-0.05, 0) is 0 Å². The van der Waals surface area contributed by atoms with E-state index in [2.05, 4.69) is 27.0 Å². The Balaban J connectivity index is 2.43. The number of hydrogen-bond donors (Lipinski definition) is 0. The van der Waals surface area contributed by atoms with E-state index in [9.17, 15) is 0 Å². The van der Waals surface area contributed by atoms with Crippen molar-refractivity contribution in [1.82, 2.24) is 0 Å². The van der Waals surface area contributed by atoms with Crippen LogP contribution in [-0.2, 0) is 21.1 Å². The van der Waals surface area contributed by atoms with Gasteiger partial charge >= 0.3 is 38.0 Å². The van der Waals surface area contributed by atoms with Crippen molar-refractivity contribution >= 4 is 0 Å². The van der Waals surface area contributed by atoms with Gasteiger partial charge in [-0.1, -0.05) is 0 Å². The zero-order valence-electron chi connectivity index (χ0n) is 2.09. The molecule has 1 heteroatoms. The van der Waals surface area contributed by atoms with Crippen LogP contribution in [0.1, 0.15) is 0 Å². The van der Waals surface area contributed by atoms with Crippen LogP contribution < -0.4 is 0 Å². The molecule has 0 rings (SSSR count). The normalized spacial score (nSPS) is 5.25. The molecule has 0 atom stereocenters. The second-order valence-corrected chi connectivity index (χ2v) is 0.835. The molecule has 26 valence electrons. The molecular formula is C3H3Ag. The van der Waals surface area contributed by atoms with Crippen molar-refractivity contribution in [3.05, 3.63) is 0 Å². The standard InChI is InChI=1S/C3H3.Ag/c1-3-2;/h1H,2H2;. The van der Waals surface area contributed by atoms with Crippen molar-refractivity contribution in [2.45, 2.75) is 4.64 Å². The molecule has 0 aromatic carbocycles. The van der Waals surface area contributed by atoms with Crippen molar-refractivity contribution in [2.24, 2.45) is 0 Å². The van der Waals surface area contributed by atoms with Gasteiger partial charge in [0.1, 0.15) is 0 Å². The summed E-state index contributed by atoms with van der Waals surface area (Å²) in [4.78, 5) is 0. The van der Waals surface area contributed by atoms with Crippen LogP contribution in [0.25, 0.3) is 0 Å². The third-order valence-corrected chi connectivity index (χ3v) is 0.364. The quantitative estimate of drug-likeness (QED) is 0.347. The van der Waals surface area contributed by atoms with Crippen molar-refractivity contribution in [2.75, 3.05) is 0 Å². The van der Waals surface area contributed by atoms with E-state index in [1.807, 2.05) is 0 Å². The van der Waals surface area contributed by atoms with E-state index in [-0.39, 0.29) is 0 Å². The van der Waals surface area contributed by atoms with Crippen LogP contribution in [0.15, 0.2) is 0 Å². The zero-order valence-corrected chi connectivity index (χ0v) is 3.57. The number of hydrogen-bond acceptors (Lipinski definition) is 0. The summed E-state index contributed by atoms with van der Waals surface area (Å²) in [5.74, 6) is 2.35. The van der Waals surface area contributed by atoms with E-state index >= 15 is 0 Å². The molecule has 0 spiro atoms. The molecule has 0 aliphatic heterocycles. The first-order chi connectivity index (χ1) is 1.91. The maximum atomic E-state index is 4.73. The third-order valence-electron chi connectivity index (χ3n) is 0.0615. The Kier molecular flexibility index (Phi) is 3.55. The van der Waals surface area contributed by atoms with Crippen LogP contribution in [0.3, 0.4) is 0 Å². The fourth-order valence-electron chi connectivity index (χ4n) is 0. The summed E-state index contributed by atoms with van der Waals surface area (Å²) in [5, 5.41) is 0. The van der Waals surface area contributed by atoms with Crippen LogP contribution >= 0.6 is 0 Å². The van der Waals surface area contributed by atoms with Gasteiger partial charge in [0.15, 0.2) is 0 Å². The van der Waals surface area contributed by atoms with E-state index in [0.717, 1.165) is 0 Å². The second kappa shape index (κ2) is 3.30. The van der Waals surface area contributed by atoms with Gasteiger partial charge < -0.3 is 0 Å². The van der Waals surface area contributed by atoms with Gasteiger partial charge in [-0.3, -0.25) is 0 Å². The molecule has 0 N–H and O–H groups in total. The Hall–Kier alpha value is 0.300. The monoisotopic (exact) mass is 146 g/mol. The molecule has 0 saturated heterocycles. The van der Waals surface area contributed by atoms with Crippen molar-refractivity contribution in [1.29, 1.82) is 0 Å². The van der Waals surface area contributed by atoms with Gasteiger partial charge in [-0.25, -0.2) is 0 Å². The fourth-order valence-corrected chi connectivity index (χ4v) is 0. The second-order valence-electron chi connectivity index (χ2n) is 0.311. The third kappa shape index (κ3) is 2.30. The summed E-state index contributed by atoms with van der Waals surface area (Å²) in [7, 11) is 0. The molecule has 0 radical (unpaired) electrons. The molecule has 4 heavy (non-hydrogen) atoms. The minimum absolute atomic E-state index is 0.657. The first-order valence-corrected chi connectivity index (χ1v) is 1.90. The van der Waals surface area contributed by atoms with E-state index in [4.69, 9.17) is 6.42 Å². The fraction of sp³-hybridized carbons (Fsp3) is 0.333. The van der Waals surface area contributed by atoms with Crippen LogP contribution in [-0.4, -0.2) is 0 Å². The average Bonchev–Trinajstić information content (AvgIpc) is 1.37. The molecule has 0 saturated carbocycles. The first kappa shape index (κ1) is 4.30. The Morgan fingerprint density at radius 3 is 2.25 bits per heavy atom. The molecule has 0 unspecified atom stereocenters. The summed E-state index contributed by atoms with van der Waals surface area (Å²) in [5.41, 5.74) is 0. The summed E-state index contributed by atoms with van der Waals surface area (Å²) in [6.45, 7) is 0. The van der Waals surface area contributed by atoms with E-state index in [0.29, 0.717) is 4.64 Å². The van der Waals surface area contributed by atoms with E-state index < -0.39 is 0 Å². The van der Waals surface area contributed by atoms with E-state index in [1.54, 1.807) is 0 Å². The van der Waals surface area contributed by atoms with Crippen molar-refractivity contribution in [3.8, 4) is 12.3 Å². The zero-order chi connectivity index (χ0) is 3.41. The van der Waals surface area contributed by atoms with Gasteiger partial charge in [-0.2, -0.15) is 0 Å². The number of terminal acetylenes is 1. The maximum absolute atomic E-state index is 4.73. The Morgan fingerprint density at radius 1 is 2.00 bits per heavy atom. The van der Waals surface area contributed by atoms with Crippen molar-refractivity contribution in [3.63, 3.8) is 0 Å². The molecule has 0 aliphatic carbocycles. The molecule has 0 aromatic heterocycles.